The Balaban J connectivity index is 2.40. The van der Waals surface area contributed by atoms with Crippen molar-refractivity contribution in [1.82, 2.24) is 20.0 Å². The van der Waals surface area contributed by atoms with Gasteiger partial charge < -0.3 is 5.11 Å². The summed E-state index contributed by atoms with van der Waals surface area (Å²) in [5.41, 5.74) is 0.478. The molecule has 0 bridgehead atoms. The van der Waals surface area contributed by atoms with E-state index in [1.54, 1.807) is 6.92 Å². The van der Waals surface area contributed by atoms with Crippen LogP contribution >= 0.6 is 11.3 Å². The van der Waals surface area contributed by atoms with Gasteiger partial charge >= 0.3 is 5.97 Å². The maximum absolute atomic E-state index is 12.4. The highest BCUT2D eigenvalue weighted by Crippen LogP contribution is 2.24. The zero-order valence-electron chi connectivity index (χ0n) is 11.5. The molecule has 0 amide bonds. The molecule has 0 spiro atoms. The van der Waals surface area contributed by atoms with E-state index in [1.165, 1.54) is 13.8 Å². The molecule has 114 valence electrons. The predicted octanol–water partition coefficient (Wildman–Crippen LogP) is 0.545. The lowest BCUT2D eigenvalue weighted by atomic mass is 10.4. The van der Waals surface area contributed by atoms with E-state index in [0.29, 0.717) is 5.01 Å². The fourth-order valence-corrected chi connectivity index (χ4v) is 4.09. The van der Waals surface area contributed by atoms with Crippen LogP contribution in [0.25, 0.3) is 0 Å². The molecule has 0 radical (unpaired) electrons. The number of sulfonamides is 1. The van der Waals surface area contributed by atoms with Crippen LogP contribution in [-0.2, 0) is 21.4 Å². The van der Waals surface area contributed by atoms with Crippen LogP contribution in [0.3, 0.4) is 0 Å². The van der Waals surface area contributed by atoms with Gasteiger partial charge in [-0.2, -0.15) is 5.10 Å². The summed E-state index contributed by atoms with van der Waals surface area (Å²) in [5.74, 6) is -1.10. The number of carbonyl (C=O) groups is 1. The second kappa shape index (κ2) is 5.41. The molecule has 0 aliphatic rings. The Bertz CT molecular complexity index is 792. The van der Waals surface area contributed by atoms with Crippen molar-refractivity contribution in [2.24, 2.45) is 0 Å². The summed E-state index contributed by atoms with van der Waals surface area (Å²) in [5, 5.41) is 20.9. The van der Waals surface area contributed by atoms with Crippen molar-refractivity contribution in [3.63, 3.8) is 0 Å². The highest BCUT2D eigenvalue weighted by atomic mass is 32.2. The number of nitrogens with zero attached hydrogens (tertiary/aromatic N) is 4. The molecule has 2 N–H and O–H groups in total. The molecule has 2 aromatic heterocycles. The molecular weight excluding hydrogens is 318 g/mol. The summed E-state index contributed by atoms with van der Waals surface area (Å²) in [6.45, 7) is 4.31. The molecule has 0 aliphatic heterocycles. The number of rotatable bonds is 5. The quantitative estimate of drug-likeness (QED) is 0.818. The molecule has 0 aromatic carbocycles. The fourth-order valence-electron chi connectivity index (χ4n) is 1.86. The topological polar surface area (TPSA) is 127 Å². The molecule has 9 nitrogen and oxygen atoms in total. The third kappa shape index (κ3) is 3.19. The van der Waals surface area contributed by atoms with Gasteiger partial charge in [-0.15, -0.1) is 10.2 Å². The average Bonchev–Trinajstić information content (AvgIpc) is 2.82. The number of anilines is 1. The third-order valence-corrected chi connectivity index (χ3v) is 5.09. The standard InChI is InChI=1S/C10H13N5O4S2/c1-5-9(6(2)15(13-5)4-8(16)17)21(18,19)14-10-12-11-7(3)20-10/h4H2,1-3H3,(H,12,14)(H,16,17). The molecule has 21 heavy (non-hydrogen) atoms. The first-order chi connectivity index (χ1) is 9.70. The number of carboxylic acid groups (broad SMARTS) is 1. The Morgan fingerprint density at radius 2 is 2.00 bits per heavy atom. The highest BCUT2D eigenvalue weighted by molar-refractivity contribution is 7.93. The lowest BCUT2D eigenvalue weighted by molar-refractivity contribution is -0.137. The summed E-state index contributed by atoms with van der Waals surface area (Å²) >= 11 is 1.10. The van der Waals surface area contributed by atoms with Gasteiger partial charge in [0, 0.05) is 0 Å². The normalized spacial score (nSPS) is 11.6. The summed E-state index contributed by atoms with van der Waals surface area (Å²) in [4.78, 5) is 10.7. The second-order valence-electron chi connectivity index (χ2n) is 4.28. The summed E-state index contributed by atoms with van der Waals surface area (Å²) in [6.07, 6.45) is 0. The summed E-state index contributed by atoms with van der Waals surface area (Å²) in [7, 11) is -3.89. The van der Waals surface area contributed by atoms with E-state index in [1.807, 2.05) is 0 Å². The van der Waals surface area contributed by atoms with Gasteiger partial charge in [0.15, 0.2) is 0 Å². The molecule has 0 atom stereocenters. The number of hydrogen-bond donors (Lipinski definition) is 2. The predicted molar refractivity (Wildman–Crippen MR) is 74.8 cm³/mol. The van der Waals surface area contributed by atoms with Crippen molar-refractivity contribution in [2.45, 2.75) is 32.2 Å². The highest BCUT2D eigenvalue weighted by Gasteiger charge is 2.26. The van der Waals surface area contributed by atoms with Gasteiger partial charge in [-0.3, -0.25) is 14.2 Å². The number of carboxylic acids is 1. The SMILES string of the molecule is Cc1nnc(NS(=O)(=O)c2c(C)nn(CC(=O)O)c2C)s1. The maximum Gasteiger partial charge on any atom is 0.325 e. The van der Waals surface area contributed by atoms with Gasteiger partial charge in [-0.1, -0.05) is 11.3 Å². The Labute approximate surface area is 124 Å². The van der Waals surface area contributed by atoms with E-state index >= 15 is 0 Å². The van der Waals surface area contributed by atoms with Crippen LogP contribution in [0.2, 0.25) is 0 Å². The summed E-state index contributed by atoms with van der Waals surface area (Å²) < 4.78 is 28.2. The second-order valence-corrected chi connectivity index (χ2v) is 7.08. The molecule has 0 unspecified atom stereocenters. The van der Waals surface area contributed by atoms with Gasteiger partial charge in [-0.25, -0.2) is 8.42 Å². The summed E-state index contributed by atoms with van der Waals surface area (Å²) in [6, 6.07) is 0. The zero-order valence-corrected chi connectivity index (χ0v) is 13.1. The number of nitrogens with one attached hydrogen (secondary N) is 1. The Morgan fingerprint density at radius 3 is 2.52 bits per heavy atom. The Kier molecular flexibility index (Phi) is 3.96. The minimum Gasteiger partial charge on any atom is -0.480 e. The maximum atomic E-state index is 12.4. The number of hydrogen-bond acceptors (Lipinski definition) is 7. The average molecular weight is 331 g/mol. The van der Waals surface area contributed by atoms with Crippen LogP contribution in [0.4, 0.5) is 5.13 Å². The van der Waals surface area contributed by atoms with E-state index in [4.69, 9.17) is 5.11 Å². The van der Waals surface area contributed by atoms with Crippen LogP contribution in [0.5, 0.6) is 0 Å². The Hall–Kier alpha value is -2.01. The van der Waals surface area contributed by atoms with Gasteiger partial charge in [0.25, 0.3) is 10.0 Å². The van der Waals surface area contributed by atoms with Crippen molar-refractivity contribution in [1.29, 1.82) is 0 Å². The van der Waals surface area contributed by atoms with Crippen LogP contribution in [-0.4, -0.2) is 39.5 Å². The first kappa shape index (κ1) is 15.4. The van der Waals surface area contributed by atoms with Crippen molar-refractivity contribution < 1.29 is 18.3 Å². The van der Waals surface area contributed by atoms with E-state index in [9.17, 15) is 13.2 Å². The lowest BCUT2D eigenvalue weighted by Crippen LogP contribution is -2.16. The zero-order chi connectivity index (χ0) is 15.8. The van der Waals surface area contributed by atoms with Gasteiger partial charge in [-0.05, 0) is 20.8 Å². The first-order valence-corrected chi connectivity index (χ1v) is 8.09. The molecule has 0 fully saturated rings. The fraction of sp³-hybridized carbons (Fsp3) is 0.400. The molecule has 2 heterocycles. The molecule has 0 saturated heterocycles. The molecular formula is C10H13N5O4S2. The number of aryl methyl sites for hydroxylation is 2. The van der Waals surface area contributed by atoms with Crippen LogP contribution in [0.1, 0.15) is 16.4 Å². The van der Waals surface area contributed by atoms with Gasteiger partial charge in [0.1, 0.15) is 16.4 Å². The van der Waals surface area contributed by atoms with Crippen LogP contribution in [0, 0.1) is 20.8 Å². The minimum atomic E-state index is -3.89. The molecule has 2 rings (SSSR count). The van der Waals surface area contributed by atoms with Gasteiger partial charge in [0.05, 0.1) is 11.4 Å². The van der Waals surface area contributed by atoms with E-state index < -0.39 is 22.5 Å². The largest absolute Gasteiger partial charge is 0.480 e. The van der Waals surface area contributed by atoms with E-state index in [-0.39, 0.29) is 21.4 Å². The van der Waals surface area contributed by atoms with Crippen LogP contribution < -0.4 is 4.72 Å². The van der Waals surface area contributed by atoms with Crippen molar-refractivity contribution in [2.75, 3.05) is 4.72 Å². The monoisotopic (exact) mass is 331 g/mol. The molecule has 2 aromatic rings. The van der Waals surface area contributed by atoms with Crippen molar-refractivity contribution in [3.05, 3.63) is 16.4 Å². The minimum absolute atomic E-state index is 0.0448. The van der Waals surface area contributed by atoms with E-state index in [2.05, 4.69) is 20.0 Å². The van der Waals surface area contributed by atoms with E-state index in [0.717, 1.165) is 16.0 Å². The smallest absolute Gasteiger partial charge is 0.325 e. The molecule has 11 heteroatoms. The van der Waals surface area contributed by atoms with Crippen molar-refractivity contribution >= 4 is 32.5 Å². The lowest BCUT2D eigenvalue weighted by Gasteiger charge is -2.05. The van der Waals surface area contributed by atoms with Crippen molar-refractivity contribution in [3.8, 4) is 0 Å². The number of aromatic nitrogens is 4. The van der Waals surface area contributed by atoms with Crippen LogP contribution in [0.15, 0.2) is 4.90 Å². The molecule has 0 saturated carbocycles. The molecule has 0 aliphatic carbocycles. The van der Waals surface area contributed by atoms with Gasteiger partial charge in [0.2, 0.25) is 5.13 Å². The first-order valence-electron chi connectivity index (χ1n) is 5.79. The Morgan fingerprint density at radius 1 is 1.33 bits per heavy atom. The third-order valence-electron chi connectivity index (χ3n) is 2.62. The number of aliphatic carboxylic acids is 1.